The zero-order chi connectivity index (χ0) is 14.4. The molecule has 0 bridgehead atoms. The summed E-state index contributed by atoms with van der Waals surface area (Å²) < 4.78 is 34.8. The third-order valence-electron chi connectivity index (χ3n) is 3.86. The molecule has 0 amide bonds. The third kappa shape index (κ3) is 2.66. The summed E-state index contributed by atoms with van der Waals surface area (Å²) in [4.78, 5) is 0. The first-order valence-electron chi connectivity index (χ1n) is 6.60. The molecule has 20 heavy (non-hydrogen) atoms. The number of anilines is 1. The maximum Gasteiger partial charge on any atom is 0.586 e. The normalized spacial score (nSPS) is 26.3. The van der Waals surface area contributed by atoms with Crippen molar-refractivity contribution in [3.63, 3.8) is 0 Å². The van der Waals surface area contributed by atoms with E-state index in [9.17, 15) is 8.78 Å². The predicted octanol–water partition coefficient (Wildman–Crippen LogP) is 3.95. The first-order valence-corrected chi connectivity index (χ1v) is 7.75. The number of fused-ring (bicyclic) bond motifs is 1. The summed E-state index contributed by atoms with van der Waals surface area (Å²) >= 11 is 1.91. The molecule has 1 N–H and O–H groups in total. The lowest BCUT2D eigenvalue weighted by atomic mass is 9.82. The molecule has 0 saturated carbocycles. The van der Waals surface area contributed by atoms with Gasteiger partial charge in [0.05, 0.1) is 0 Å². The minimum Gasteiger partial charge on any atom is -0.395 e. The van der Waals surface area contributed by atoms with Gasteiger partial charge in [-0.3, -0.25) is 0 Å². The van der Waals surface area contributed by atoms with Crippen LogP contribution in [0.2, 0.25) is 0 Å². The van der Waals surface area contributed by atoms with Crippen molar-refractivity contribution in [3.05, 3.63) is 18.2 Å². The Morgan fingerprint density at radius 3 is 2.75 bits per heavy atom. The highest BCUT2D eigenvalue weighted by atomic mass is 32.2. The van der Waals surface area contributed by atoms with E-state index in [0.717, 1.165) is 17.9 Å². The first-order chi connectivity index (χ1) is 9.36. The minimum absolute atomic E-state index is 0.0813. The van der Waals surface area contributed by atoms with Crippen molar-refractivity contribution in [2.45, 2.75) is 32.6 Å². The van der Waals surface area contributed by atoms with E-state index in [4.69, 9.17) is 0 Å². The minimum atomic E-state index is -3.55. The lowest BCUT2D eigenvalue weighted by Gasteiger charge is -2.39. The molecule has 3 nitrogen and oxygen atoms in total. The SMILES string of the molecule is CC1(C)CCSCC1Nc1ccc2c(c1)OC(F)(F)O2. The van der Waals surface area contributed by atoms with Gasteiger partial charge in [0, 0.05) is 23.5 Å². The molecule has 1 aromatic carbocycles. The number of rotatable bonds is 2. The van der Waals surface area contributed by atoms with Crippen LogP contribution < -0.4 is 14.8 Å². The lowest BCUT2D eigenvalue weighted by Crippen LogP contribution is -2.41. The first kappa shape index (κ1) is 13.8. The average Bonchev–Trinajstić information content (AvgIpc) is 2.65. The fraction of sp³-hybridized carbons (Fsp3) is 0.571. The highest BCUT2D eigenvalue weighted by molar-refractivity contribution is 7.99. The van der Waals surface area contributed by atoms with Crippen LogP contribution in [-0.2, 0) is 0 Å². The quantitative estimate of drug-likeness (QED) is 0.896. The van der Waals surface area contributed by atoms with Crippen LogP contribution in [0.1, 0.15) is 20.3 Å². The highest BCUT2D eigenvalue weighted by Gasteiger charge is 2.43. The van der Waals surface area contributed by atoms with Crippen LogP contribution in [0, 0.1) is 5.41 Å². The number of hydrogen-bond donors (Lipinski definition) is 1. The van der Waals surface area contributed by atoms with Gasteiger partial charge in [-0.05, 0) is 29.7 Å². The molecular weight excluding hydrogens is 284 g/mol. The summed E-state index contributed by atoms with van der Waals surface area (Å²) in [5.41, 5.74) is 0.969. The molecule has 6 heteroatoms. The smallest absolute Gasteiger partial charge is 0.395 e. The van der Waals surface area contributed by atoms with Gasteiger partial charge in [0.25, 0.3) is 0 Å². The van der Waals surface area contributed by atoms with Gasteiger partial charge in [0.15, 0.2) is 11.5 Å². The van der Waals surface area contributed by atoms with E-state index in [1.165, 1.54) is 11.8 Å². The Balaban J connectivity index is 1.76. The van der Waals surface area contributed by atoms with Gasteiger partial charge >= 0.3 is 6.29 Å². The largest absolute Gasteiger partial charge is 0.586 e. The third-order valence-corrected chi connectivity index (χ3v) is 4.92. The Bertz CT molecular complexity index is 522. The van der Waals surface area contributed by atoms with E-state index >= 15 is 0 Å². The van der Waals surface area contributed by atoms with Crippen molar-refractivity contribution in [2.24, 2.45) is 5.41 Å². The molecule has 0 radical (unpaired) electrons. The summed E-state index contributed by atoms with van der Waals surface area (Å²) in [5.74, 6) is 2.34. The van der Waals surface area contributed by atoms with Gasteiger partial charge in [-0.25, -0.2) is 0 Å². The van der Waals surface area contributed by atoms with Gasteiger partial charge < -0.3 is 14.8 Å². The molecule has 2 heterocycles. The van der Waals surface area contributed by atoms with Crippen molar-refractivity contribution < 1.29 is 18.3 Å². The van der Waals surface area contributed by atoms with E-state index in [2.05, 4.69) is 28.6 Å². The number of thioether (sulfide) groups is 1. The van der Waals surface area contributed by atoms with Gasteiger partial charge in [-0.15, -0.1) is 8.78 Å². The van der Waals surface area contributed by atoms with E-state index in [1.54, 1.807) is 12.1 Å². The topological polar surface area (TPSA) is 30.5 Å². The fourth-order valence-electron chi connectivity index (χ4n) is 2.41. The van der Waals surface area contributed by atoms with Crippen molar-refractivity contribution in [1.82, 2.24) is 0 Å². The average molecular weight is 301 g/mol. The van der Waals surface area contributed by atoms with Gasteiger partial charge in [0.1, 0.15) is 0 Å². The van der Waals surface area contributed by atoms with Crippen molar-refractivity contribution in [1.29, 1.82) is 0 Å². The van der Waals surface area contributed by atoms with Crippen LogP contribution in [0.25, 0.3) is 0 Å². The molecule has 3 rings (SSSR count). The van der Waals surface area contributed by atoms with Crippen LogP contribution in [-0.4, -0.2) is 23.8 Å². The zero-order valence-corrected chi connectivity index (χ0v) is 12.2. The fourth-order valence-corrected chi connectivity index (χ4v) is 4.02. The van der Waals surface area contributed by atoms with E-state index in [-0.39, 0.29) is 16.9 Å². The maximum atomic E-state index is 13.0. The molecule has 0 aliphatic carbocycles. The van der Waals surface area contributed by atoms with E-state index in [1.807, 2.05) is 11.8 Å². The monoisotopic (exact) mass is 301 g/mol. The molecule has 0 spiro atoms. The van der Waals surface area contributed by atoms with Crippen LogP contribution in [0.5, 0.6) is 11.5 Å². The Morgan fingerprint density at radius 2 is 2.00 bits per heavy atom. The second-order valence-electron chi connectivity index (χ2n) is 5.84. The lowest BCUT2D eigenvalue weighted by molar-refractivity contribution is -0.286. The summed E-state index contributed by atoms with van der Waals surface area (Å²) in [7, 11) is 0. The van der Waals surface area contributed by atoms with Gasteiger partial charge in [-0.2, -0.15) is 11.8 Å². The molecule has 2 aliphatic heterocycles. The Morgan fingerprint density at radius 1 is 1.25 bits per heavy atom. The summed E-state index contributed by atoms with van der Waals surface area (Å²) in [6.07, 6.45) is -2.42. The number of ether oxygens (including phenoxy) is 2. The number of halogens is 2. The second-order valence-corrected chi connectivity index (χ2v) is 6.99. The Labute approximate surface area is 121 Å². The Hall–Kier alpha value is -1.17. The summed E-state index contributed by atoms with van der Waals surface area (Å²) in [6, 6.07) is 5.15. The summed E-state index contributed by atoms with van der Waals surface area (Å²) in [5, 5.41) is 3.43. The van der Waals surface area contributed by atoms with Crippen molar-refractivity contribution >= 4 is 17.4 Å². The second kappa shape index (κ2) is 4.69. The molecule has 1 unspecified atom stereocenters. The Kier molecular flexibility index (Phi) is 3.23. The van der Waals surface area contributed by atoms with E-state index in [0.29, 0.717) is 6.04 Å². The zero-order valence-electron chi connectivity index (χ0n) is 11.4. The van der Waals surface area contributed by atoms with Gasteiger partial charge in [0.2, 0.25) is 0 Å². The van der Waals surface area contributed by atoms with Gasteiger partial charge in [-0.1, -0.05) is 13.8 Å². The standard InChI is InChI=1S/C14H17F2NO2S/c1-13(2)5-6-20-8-12(13)17-9-3-4-10-11(7-9)19-14(15,16)18-10/h3-4,7,12,17H,5-6,8H2,1-2H3. The molecular formula is C14H17F2NO2S. The predicted molar refractivity (Wildman–Crippen MR) is 75.8 cm³/mol. The molecule has 1 saturated heterocycles. The summed E-state index contributed by atoms with van der Waals surface area (Å²) in [6.45, 7) is 4.46. The molecule has 1 fully saturated rings. The number of benzene rings is 1. The number of alkyl halides is 2. The molecule has 2 aliphatic rings. The van der Waals surface area contributed by atoms with Crippen LogP contribution >= 0.6 is 11.8 Å². The molecule has 0 aromatic heterocycles. The molecule has 110 valence electrons. The van der Waals surface area contributed by atoms with Crippen molar-refractivity contribution in [2.75, 3.05) is 16.8 Å². The van der Waals surface area contributed by atoms with Crippen molar-refractivity contribution in [3.8, 4) is 11.5 Å². The number of hydrogen-bond acceptors (Lipinski definition) is 4. The van der Waals surface area contributed by atoms with E-state index < -0.39 is 6.29 Å². The number of nitrogens with one attached hydrogen (secondary N) is 1. The van der Waals surface area contributed by atoms with Crippen LogP contribution in [0.4, 0.5) is 14.5 Å². The van der Waals surface area contributed by atoms with Crippen LogP contribution in [0.15, 0.2) is 18.2 Å². The maximum absolute atomic E-state index is 13.0. The highest BCUT2D eigenvalue weighted by Crippen LogP contribution is 2.43. The van der Waals surface area contributed by atoms with Crippen LogP contribution in [0.3, 0.4) is 0 Å². The molecule has 1 aromatic rings. The molecule has 1 atom stereocenters.